The van der Waals surface area contributed by atoms with Crippen molar-refractivity contribution in [3.63, 3.8) is 0 Å². The average molecular weight is 253 g/mol. The Kier molecular flexibility index (Phi) is 3.78. The van der Waals surface area contributed by atoms with Gasteiger partial charge in [0.2, 0.25) is 0 Å². The highest BCUT2D eigenvalue weighted by atomic mass is 19.1. The fourth-order valence-corrected chi connectivity index (χ4v) is 2.00. The van der Waals surface area contributed by atoms with E-state index < -0.39 is 5.82 Å². The SMILES string of the molecule is COC1CC(NC(=O)c2cccc(F)c2NN)C1. The van der Waals surface area contributed by atoms with E-state index in [2.05, 4.69) is 10.7 Å². The van der Waals surface area contributed by atoms with E-state index in [-0.39, 0.29) is 29.3 Å². The summed E-state index contributed by atoms with van der Waals surface area (Å²) < 4.78 is 18.5. The van der Waals surface area contributed by atoms with Crippen LogP contribution in [0.5, 0.6) is 0 Å². The maximum Gasteiger partial charge on any atom is 0.253 e. The molecule has 0 aromatic heterocycles. The number of anilines is 1. The summed E-state index contributed by atoms with van der Waals surface area (Å²) in [5.74, 6) is 4.34. The molecule has 4 N–H and O–H groups in total. The first-order valence-electron chi connectivity index (χ1n) is 5.74. The van der Waals surface area contributed by atoms with Gasteiger partial charge in [-0.2, -0.15) is 0 Å². The zero-order valence-electron chi connectivity index (χ0n) is 10.1. The molecule has 1 fully saturated rings. The number of hydrogen-bond acceptors (Lipinski definition) is 4. The molecule has 1 amide bonds. The van der Waals surface area contributed by atoms with E-state index in [1.165, 1.54) is 18.2 Å². The Balaban J connectivity index is 2.03. The first-order chi connectivity index (χ1) is 8.65. The molecule has 0 atom stereocenters. The van der Waals surface area contributed by atoms with E-state index in [0.717, 1.165) is 12.8 Å². The molecule has 0 bridgehead atoms. The van der Waals surface area contributed by atoms with Crippen LogP contribution in [0.1, 0.15) is 23.2 Å². The third-order valence-electron chi connectivity index (χ3n) is 3.17. The lowest BCUT2D eigenvalue weighted by molar-refractivity contribution is 0.0176. The Morgan fingerprint density at radius 3 is 2.83 bits per heavy atom. The molecule has 0 heterocycles. The topological polar surface area (TPSA) is 76.4 Å². The van der Waals surface area contributed by atoms with Crippen LogP contribution < -0.4 is 16.6 Å². The quantitative estimate of drug-likeness (QED) is 0.553. The van der Waals surface area contributed by atoms with Gasteiger partial charge in [-0.25, -0.2) is 4.39 Å². The summed E-state index contributed by atoms with van der Waals surface area (Å²) in [5.41, 5.74) is 2.43. The number of ether oxygens (including phenoxy) is 1. The lowest BCUT2D eigenvalue weighted by atomic mass is 9.89. The molecule has 0 unspecified atom stereocenters. The van der Waals surface area contributed by atoms with Crippen molar-refractivity contribution in [3.05, 3.63) is 29.6 Å². The van der Waals surface area contributed by atoms with Crippen molar-refractivity contribution in [2.75, 3.05) is 12.5 Å². The zero-order chi connectivity index (χ0) is 13.1. The summed E-state index contributed by atoms with van der Waals surface area (Å²) >= 11 is 0. The Morgan fingerprint density at radius 2 is 2.22 bits per heavy atom. The molecule has 1 aliphatic rings. The van der Waals surface area contributed by atoms with Gasteiger partial charge in [0.25, 0.3) is 5.91 Å². The number of hydrogen-bond donors (Lipinski definition) is 3. The molecule has 0 radical (unpaired) electrons. The number of benzene rings is 1. The smallest absolute Gasteiger partial charge is 0.253 e. The number of amides is 1. The number of halogens is 1. The lowest BCUT2D eigenvalue weighted by Gasteiger charge is -2.34. The Hall–Kier alpha value is -1.66. The van der Waals surface area contributed by atoms with Crippen LogP contribution in [0.4, 0.5) is 10.1 Å². The van der Waals surface area contributed by atoms with Crippen molar-refractivity contribution in [2.24, 2.45) is 5.84 Å². The van der Waals surface area contributed by atoms with Gasteiger partial charge in [0, 0.05) is 13.2 Å². The van der Waals surface area contributed by atoms with Gasteiger partial charge >= 0.3 is 0 Å². The van der Waals surface area contributed by atoms with E-state index in [0.29, 0.717) is 0 Å². The normalized spacial score (nSPS) is 22.2. The minimum atomic E-state index is -0.548. The Morgan fingerprint density at radius 1 is 1.50 bits per heavy atom. The maximum atomic E-state index is 13.4. The van der Waals surface area contributed by atoms with Gasteiger partial charge in [-0.1, -0.05) is 6.07 Å². The predicted octanol–water partition coefficient (Wildman–Crippen LogP) is 1.02. The van der Waals surface area contributed by atoms with Crippen LogP contribution in [0.25, 0.3) is 0 Å². The third kappa shape index (κ3) is 2.44. The van der Waals surface area contributed by atoms with Crippen LogP contribution in [0, 0.1) is 5.82 Å². The molecular formula is C12H16FN3O2. The van der Waals surface area contributed by atoms with E-state index in [1.807, 2.05) is 0 Å². The molecule has 1 aromatic rings. The molecule has 18 heavy (non-hydrogen) atoms. The monoisotopic (exact) mass is 253 g/mol. The average Bonchev–Trinajstić information content (AvgIpc) is 2.32. The lowest BCUT2D eigenvalue weighted by Crippen LogP contribution is -2.47. The number of rotatable bonds is 4. The van der Waals surface area contributed by atoms with E-state index in [9.17, 15) is 9.18 Å². The molecule has 6 heteroatoms. The number of hydrazine groups is 1. The minimum absolute atomic E-state index is 0.0117. The van der Waals surface area contributed by atoms with Crippen LogP contribution in [0.15, 0.2) is 18.2 Å². The van der Waals surface area contributed by atoms with Crippen molar-refractivity contribution in [1.29, 1.82) is 0 Å². The molecule has 5 nitrogen and oxygen atoms in total. The molecular weight excluding hydrogens is 237 g/mol. The zero-order valence-corrected chi connectivity index (χ0v) is 10.1. The molecule has 2 rings (SSSR count). The molecule has 0 saturated heterocycles. The van der Waals surface area contributed by atoms with Gasteiger partial charge in [-0.3, -0.25) is 10.6 Å². The number of para-hydroxylation sites is 1. The summed E-state index contributed by atoms with van der Waals surface area (Å²) in [6.45, 7) is 0. The van der Waals surface area contributed by atoms with Gasteiger partial charge < -0.3 is 15.5 Å². The molecule has 0 spiro atoms. The summed E-state index contributed by atoms with van der Waals surface area (Å²) in [6, 6.07) is 4.33. The first kappa shape index (κ1) is 12.8. The molecule has 1 aromatic carbocycles. The summed E-state index contributed by atoms with van der Waals surface area (Å²) in [6.07, 6.45) is 1.77. The molecule has 1 saturated carbocycles. The highest BCUT2D eigenvalue weighted by Crippen LogP contribution is 2.24. The van der Waals surface area contributed by atoms with Gasteiger partial charge in [-0.15, -0.1) is 0 Å². The predicted molar refractivity (Wildman–Crippen MR) is 65.5 cm³/mol. The van der Waals surface area contributed by atoms with Gasteiger partial charge in [0.15, 0.2) is 0 Å². The number of carbonyl (C=O) groups excluding carboxylic acids is 1. The molecule has 1 aliphatic carbocycles. The third-order valence-corrected chi connectivity index (χ3v) is 3.17. The number of nitrogens with two attached hydrogens (primary N) is 1. The number of nitrogen functional groups attached to an aromatic ring is 1. The van der Waals surface area contributed by atoms with E-state index in [4.69, 9.17) is 10.6 Å². The van der Waals surface area contributed by atoms with Crippen LogP contribution >= 0.6 is 0 Å². The van der Waals surface area contributed by atoms with Crippen molar-refractivity contribution in [3.8, 4) is 0 Å². The van der Waals surface area contributed by atoms with Crippen molar-refractivity contribution >= 4 is 11.6 Å². The number of carbonyl (C=O) groups is 1. The van der Waals surface area contributed by atoms with Gasteiger partial charge in [-0.05, 0) is 25.0 Å². The van der Waals surface area contributed by atoms with Crippen molar-refractivity contribution in [2.45, 2.75) is 25.0 Å². The second kappa shape index (κ2) is 5.32. The second-order valence-corrected chi connectivity index (χ2v) is 4.31. The van der Waals surface area contributed by atoms with E-state index in [1.54, 1.807) is 7.11 Å². The molecule has 0 aliphatic heterocycles. The summed E-state index contributed by atoms with van der Waals surface area (Å²) in [4.78, 5) is 12.0. The van der Waals surface area contributed by atoms with E-state index >= 15 is 0 Å². The fraction of sp³-hybridized carbons (Fsp3) is 0.417. The van der Waals surface area contributed by atoms with Gasteiger partial charge in [0.1, 0.15) is 5.82 Å². The van der Waals surface area contributed by atoms with Gasteiger partial charge in [0.05, 0.1) is 17.4 Å². The highest BCUT2D eigenvalue weighted by molar-refractivity contribution is 5.99. The van der Waals surface area contributed by atoms with Crippen molar-refractivity contribution in [1.82, 2.24) is 5.32 Å². The van der Waals surface area contributed by atoms with Crippen LogP contribution in [-0.4, -0.2) is 25.2 Å². The first-order valence-corrected chi connectivity index (χ1v) is 5.74. The highest BCUT2D eigenvalue weighted by Gasteiger charge is 2.30. The second-order valence-electron chi connectivity index (χ2n) is 4.31. The fourth-order valence-electron chi connectivity index (χ4n) is 2.00. The number of methoxy groups -OCH3 is 1. The Labute approximate surface area is 104 Å². The summed E-state index contributed by atoms with van der Waals surface area (Å²) in [7, 11) is 1.64. The Bertz CT molecular complexity index is 447. The summed E-state index contributed by atoms with van der Waals surface area (Å²) in [5, 5.41) is 2.82. The van der Waals surface area contributed by atoms with Crippen molar-refractivity contribution < 1.29 is 13.9 Å². The molecule has 98 valence electrons. The van der Waals surface area contributed by atoms with Crippen LogP contribution in [0.2, 0.25) is 0 Å². The largest absolute Gasteiger partial charge is 0.381 e. The van der Waals surface area contributed by atoms with Crippen LogP contribution in [0.3, 0.4) is 0 Å². The maximum absolute atomic E-state index is 13.4. The van der Waals surface area contributed by atoms with Crippen LogP contribution in [-0.2, 0) is 4.74 Å². The minimum Gasteiger partial charge on any atom is -0.381 e. The standard InChI is InChI=1S/C12H16FN3O2/c1-18-8-5-7(6-8)15-12(17)9-3-2-4-10(13)11(9)16-14/h2-4,7-8,16H,5-6,14H2,1H3,(H,15,17). The number of nitrogens with one attached hydrogen (secondary N) is 2.